The average molecular weight is 492 g/mol. The summed E-state index contributed by atoms with van der Waals surface area (Å²) in [6.45, 7) is 4.36. The summed E-state index contributed by atoms with van der Waals surface area (Å²) < 4.78 is 1.83. The van der Waals surface area contributed by atoms with E-state index in [2.05, 4.69) is 15.5 Å². The van der Waals surface area contributed by atoms with Crippen LogP contribution >= 0.6 is 35.0 Å². The third-order valence-corrected chi connectivity index (χ3v) is 6.01. The lowest BCUT2D eigenvalue weighted by Gasteiger charge is -2.21. The Kier molecular flexibility index (Phi) is 8.55. The Bertz CT molecular complexity index is 1090. The molecule has 1 N–H and O–H groups in total. The maximum absolute atomic E-state index is 12.8. The van der Waals surface area contributed by atoms with Crippen LogP contribution in [0, 0.1) is 6.92 Å². The molecule has 0 unspecified atom stereocenters. The number of carbonyl (C=O) groups is 2. The van der Waals surface area contributed by atoms with E-state index in [1.807, 2.05) is 42.7 Å². The number of carbonyl (C=O) groups excluding carboxylic acids is 2. The van der Waals surface area contributed by atoms with Gasteiger partial charge in [-0.15, -0.1) is 10.2 Å². The molecule has 0 aliphatic rings. The van der Waals surface area contributed by atoms with Crippen molar-refractivity contribution in [3.8, 4) is 5.69 Å². The minimum absolute atomic E-state index is 0.0726. The number of halogens is 2. The average Bonchev–Trinajstić information content (AvgIpc) is 3.23. The minimum atomic E-state index is -0.330. The fourth-order valence-electron chi connectivity index (χ4n) is 2.94. The topological polar surface area (TPSA) is 80.1 Å². The smallest absolute Gasteiger partial charge is 0.244 e. The fraction of sp³-hybridized carbons (Fsp3) is 0.273. The van der Waals surface area contributed by atoms with E-state index in [0.29, 0.717) is 27.4 Å². The highest BCUT2D eigenvalue weighted by Crippen LogP contribution is 2.25. The number of hydrogen-bond donors (Lipinski definition) is 1. The predicted molar refractivity (Wildman–Crippen MR) is 129 cm³/mol. The van der Waals surface area contributed by atoms with Crippen LogP contribution in [0.25, 0.3) is 5.69 Å². The number of aromatic nitrogens is 3. The number of nitrogens with zero attached hydrogens (tertiary/aromatic N) is 4. The zero-order chi connectivity index (χ0) is 23.1. The molecule has 0 aliphatic carbocycles. The van der Waals surface area contributed by atoms with E-state index in [4.69, 9.17) is 23.2 Å². The zero-order valence-electron chi connectivity index (χ0n) is 17.7. The molecule has 32 heavy (non-hydrogen) atoms. The summed E-state index contributed by atoms with van der Waals surface area (Å²) in [7, 11) is 0. The maximum Gasteiger partial charge on any atom is 0.244 e. The van der Waals surface area contributed by atoms with Gasteiger partial charge in [-0.25, -0.2) is 0 Å². The van der Waals surface area contributed by atoms with Gasteiger partial charge in [0.2, 0.25) is 11.8 Å². The molecule has 2 amide bonds. The fourth-order valence-corrected chi connectivity index (χ4v) is 4.23. The van der Waals surface area contributed by atoms with Gasteiger partial charge in [0.1, 0.15) is 6.33 Å². The Labute approximate surface area is 201 Å². The first-order chi connectivity index (χ1) is 15.4. The molecule has 2 aromatic carbocycles. The highest BCUT2D eigenvalue weighted by molar-refractivity contribution is 7.99. The zero-order valence-corrected chi connectivity index (χ0v) is 20.0. The third kappa shape index (κ3) is 6.48. The number of nitrogens with one attached hydrogen (secondary N) is 1. The lowest BCUT2D eigenvalue weighted by atomic mass is 10.2. The third-order valence-electron chi connectivity index (χ3n) is 4.54. The van der Waals surface area contributed by atoms with Crippen LogP contribution in [0.1, 0.15) is 18.9 Å². The Morgan fingerprint density at radius 3 is 2.59 bits per heavy atom. The molecule has 3 aromatic rings. The Hall–Kier alpha value is -2.55. The van der Waals surface area contributed by atoms with Crippen LogP contribution < -0.4 is 5.32 Å². The van der Waals surface area contributed by atoms with Gasteiger partial charge in [0.15, 0.2) is 5.16 Å². The van der Waals surface area contributed by atoms with Crippen LogP contribution in [0.3, 0.4) is 0 Å². The summed E-state index contributed by atoms with van der Waals surface area (Å²) in [5, 5.41) is 12.3. The molecule has 1 heterocycles. The van der Waals surface area contributed by atoms with Gasteiger partial charge in [-0.3, -0.25) is 14.2 Å². The molecular weight excluding hydrogens is 469 g/mol. The number of aryl methyl sites for hydroxylation is 1. The van der Waals surface area contributed by atoms with Crippen LogP contribution in [-0.2, 0) is 9.59 Å². The van der Waals surface area contributed by atoms with Crippen LogP contribution in [-0.4, -0.2) is 50.3 Å². The van der Waals surface area contributed by atoms with Crippen molar-refractivity contribution in [2.24, 2.45) is 0 Å². The van der Waals surface area contributed by atoms with Crippen molar-refractivity contribution in [2.45, 2.75) is 25.4 Å². The number of benzene rings is 2. The molecule has 0 radical (unpaired) electrons. The first-order valence-corrected chi connectivity index (χ1v) is 11.7. The molecule has 0 aliphatic heterocycles. The van der Waals surface area contributed by atoms with Gasteiger partial charge in [0, 0.05) is 17.3 Å². The molecule has 0 saturated heterocycles. The first kappa shape index (κ1) is 24.1. The van der Waals surface area contributed by atoms with Crippen LogP contribution in [0.5, 0.6) is 0 Å². The normalized spacial score (nSPS) is 10.8. The number of rotatable bonds is 9. The Balaban J connectivity index is 1.61. The van der Waals surface area contributed by atoms with Gasteiger partial charge in [-0.1, -0.05) is 59.6 Å². The summed E-state index contributed by atoms with van der Waals surface area (Å²) in [6, 6.07) is 12.8. The minimum Gasteiger partial charge on any atom is -0.333 e. The number of anilines is 1. The quantitative estimate of drug-likeness (QED) is 0.432. The first-order valence-electron chi connectivity index (χ1n) is 10.00. The molecule has 0 saturated carbocycles. The molecule has 0 spiro atoms. The highest BCUT2D eigenvalue weighted by Gasteiger charge is 2.19. The van der Waals surface area contributed by atoms with Crippen LogP contribution in [0.15, 0.2) is 53.9 Å². The molecule has 10 heteroatoms. The van der Waals surface area contributed by atoms with Crippen molar-refractivity contribution >= 4 is 52.5 Å². The van der Waals surface area contributed by atoms with E-state index in [9.17, 15) is 9.59 Å². The van der Waals surface area contributed by atoms with Crippen molar-refractivity contribution in [3.63, 3.8) is 0 Å². The molecule has 0 fully saturated rings. The predicted octanol–water partition coefficient (Wildman–Crippen LogP) is 4.85. The monoisotopic (exact) mass is 491 g/mol. The summed E-state index contributed by atoms with van der Waals surface area (Å²) in [4.78, 5) is 26.9. The Morgan fingerprint density at radius 1 is 1.16 bits per heavy atom. The highest BCUT2D eigenvalue weighted by atomic mass is 35.5. The number of thioether (sulfide) groups is 1. The molecule has 7 nitrogen and oxygen atoms in total. The van der Waals surface area contributed by atoms with Crippen molar-refractivity contribution in [1.29, 1.82) is 0 Å². The molecule has 3 rings (SSSR count). The van der Waals surface area contributed by atoms with Gasteiger partial charge in [-0.05, 0) is 43.7 Å². The lowest BCUT2D eigenvalue weighted by Crippen LogP contribution is -2.39. The largest absolute Gasteiger partial charge is 0.333 e. The summed E-state index contributed by atoms with van der Waals surface area (Å²) in [6.07, 6.45) is 2.34. The van der Waals surface area contributed by atoms with E-state index in [0.717, 1.165) is 17.7 Å². The van der Waals surface area contributed by atoms with Gasteiger partial charge < -0.3 is 10.2 Å². The maximum atomic E-state index is 12.8. The van der Waals surface area contributed by atoms with Gasteiger partial charge in [-0.2, -0.15) is 0 Å². The van der Waals surface area contributed by atoms with Gasteiger partial charge >= 0.3 is 0 Å². The van der Waals surface area contributed by atoms with E-state index >= 15 is 0 Å². The van der Waals surface area contributed by atoms with Crippen molar-refractivity contribution in [3.05, 3.63) is 64.4 Å². The van der Waals surface area contributed by atoms with Gasteiger partial charge in [0.05, 0.1) is 23.0 Å². The molecule has 168 valence electrons. The summed E-state index contributed by atoms with van der Waals surface area (Å²) >= 11 is 13.3. The summed E-state index contributed by atoms with van der Waals surface area (Å²) in [5.74, 6) is -0.351. The molecule has 0 bridgehead atoms. The number of amides is 2. The second-order valence-corrected chi connectivity index (χ2v) is 8.88. The van der Waals surface area contributed by atoms with E-state index in [1.54, 1.807) is 24.5 Å². The van der Waals surface area contributed by atoms with E-state index in [-0.39, 0.29) is 24.1 Å². The van der Waals surface area contributed by atoms with Gasteiger partial charge in [0.25, 0.3) is 0 Å². The SMILES string of the molecule is CCCN(CC(=O)Nc1ccc(Cl)cc1Cl)C(=O)CSc1nncn1-c1ccc(C)cc1. The van der Waals surface area contributed by atoms with Crippen LogP contribution in [0.2, 0.25) is 10.0 Å². The molecule has 1 aromatic heterocycles. The van der Waals surface area contributed by atoms with E-state index in [1.165, 1.54) is 16.7 Å². The van der Waals surface area contributed by atoms with Crippen molar-refractivity contribution in [2.75, 3.05) is 24.2 Å². The van der Waals surface area contributed by atoms with Crippen molar-refractivity contribution < 1.29 is 9.59 Å². The van der Waals surface area contributed by atoms with Crippen LogP contribution in [0.4, 0.5) is 5.69 Å². The second kappa shape index (κ2) is 11.4. The molecular formula is C22H23Cl2N5O2S. The second-order valence-electron chi connectivity index (χ2n) is 7.10. The molecule has 0 atom stereocenters. The lowest BCUT2D eigenvalue weighted by molar-refractivity contribution is -0.132. The number of hydrogen-bond acceptors (Lipinski definition) is 5. The van der Waals surface area contributed by atoms with E-state index < -0.39 is 0 Å². The summed E-state index contributed by atoms with van der Waals surface area (Å²) in [5.41, 5.74) is 2.52. The van der Waals surface area contributed by atoms with Crippen molar-refractivity contribution in [1.82, 2.24) is 19.7 Å². The Morgan fingerprint density at radius 2 is 1.91 bits per heavy atom. The standard InChI is InChI=1S/C22H23Cl2N5O2S/c1-3-10-28(12-20(30)26-19-9-6-16(23)11-18(19)24)21(31)13-32-22-27-25-14-29(22)17-7-4-15(2)5-8-17/h4-9,11,14H,3,10,12-13H2,1-2H3,(H,26,30).